The van der Waals surface area contributed by atoms with Crippen LogP contribution < -0.4 is 10.2 Å². The Bertz CT molecular complexity index is 898. The van der Waals surface area contributed by atoms with E-state index in [1.165, 1.54) is 0 Å². The number of rotatable bonds is 4. The molecule has 0 saturated carbocycles. The van der Waals surface area contributed by atoms with E-state index in [-0.39, 0.29) is 5.91 Å². The van der Waals surface area contributed by atoms with Gasteiger partial charge in [-0.2, -0.15) is 0 Å². The molecule has 128 valence electrons. The van der Waals surface area contributed by atoms with Crippen LogP contribution in [0, 0.1) is 6.92 Å². The fraction of sp³-hybridized carbons (Fsp3) is 0.222. The van der Waals surface area contributed by atoms with Crippen molar-refractivity contribution in [3.05, 3.63) is 53.6 Å². The van der Waals surface area contributed by atoms with Crippen LogP contribution in [-0.4, -0.2) is 40.2 Å². The van der Waals surface area contributed by atoms with Crippen LogP contribution >= 0.6 is 0 Å². The average Bonchev–Trinajstić information content (AvgIpc) is 3.01. The first-order valence-electron chi connectivity index (χ1n) is 7.88. The van der Waals surface area contributed by atoms with Crippen LogP contribution in [0.5, 0.6) is 0 Å². The maximum absolute atomic E-state index is 12.5. The minimum Gasteiger partial charge on any atom is -0.377 e. The minimum absolute atomic E-state index is 0.138. The Morgan fingerprint density at radius 2 is 1.84 bits per heavy atom. The molecule has 0 unspecified atom stereocenters. The fourth-order valence-electron chi connectivity index (χ4n) is 2.68. The lowest BCUT2D eigenvalue weighted by atomic mass is 10.1. The molecule has 1 aromatic heterocycles. The molecule has 0 bridgehead atoms. The number of nitrogens with one attached hydrogen (secondary N) is 1. The first-order valence-corrected chi connectivity index (χ1v) is 7.88. The average molecular weight is 336 g/mol. The first kappa shape index (κ1) is 16.6. The highest BCUT2D eigenvalue weighted by Gasteiger charge is 2.10. The molecule has 3 aromatic rings. The summed E-state index contributed by atoms with van der Waals surface area (Å²) in [7, 11) is 5.75. The zero-order valence-corrected chi connectivity index (χ0v) is 14.7. The normalized spacial score (nSPS) is 10.6. The summed E-state index contributed by atoms with van der Waals surface area (Å²) in [5.74, 6) is 0.536. The number of amides is 1. The Kier molecular flexibility index (Phi) is 4.47. The number of carbonyl (C=O) groups excluding carboxylic acids is 1. The molecule has 7 heteroatoms. The Morgan fingerprint density at radius 1 is 1.12 bits per heavy atom. The van der Waals surface area contributed by atoms with Gasteiger partial charge in [-0.05, 0) is 65.4 Å². The van der Waals surface area contributed by atoms with E-state index < -0.39 is 0 Å². The van der Waals surface area contributed by atoms with E-state index in [0.29, 0.717) is 11.4 Å². The molecule has 1 N–H and O–H groups in total. The molecule has 0 saturated heterocycles. The summed E-state index contributed by atoms with van der Waals surface area (Å²) in [6, 6.07) is 13.1. The number of hydrogen-bond donors (Lipinski definition) is 1. The van der Waals surface area contributed by atoms with Gasteiger partial charge in [-0.1, -0.05) is 0 Å². The highest BCUT2D eigenvalue weighted by atomic mass is 16.1. The van der Waals surface area contributed by atoms with Gasteiger partial charge in [0.25, 0.3) is 5.91 Å². The van der Waals surface area contributed by atoms with Gasteiger partial charge in [0.2, 0.25) is 0 Å². The molecule has 2 aromatic carbocycles. The molecule has 0 atom stereocenters. The zero-order chi connectivity index (χ0) is 18.0. The second-order valence-corrected chi connectivity index (χ2v) is 6.05. The number of benzene rings is 2. The maximum Gasteiger partial charge on any atom is 0.255 e. The molecule has 0 aliphatic carbocycles. The van der Waals surface area contributed by atoms with E-state index in [2.05, 4.69) is 20.8 Å². The molecule has 0 spiro atoms. The van der Waals surface area contributed by atoms with Crippen LogP contribution in [0.4, 0.5) is 11.4 Å². The molecule has 3 rings (SSSR count). The lowest BCUT2D eigenvalue weighted by Crippen LogP contribution is -2.14. The van der Waals surface area contributed by atoms with Crippen LogP contribution in [-0.2, 0) is 7.05 Å². The lowest BCUT2D eigenvalue weighted by molar-refractivity contribution is 0.102. The van der Waals surface area contributed by atoms with Gasteiger partial charge in [-0.25, -0.2) is 4.68 Å². The lowest BCUT2D eigenvalue weighted by Gasteiger charge is -2.16. The van der Waals surface area contributed by atoms with Gasteiger partial charge in [0.1, 0.15) is 0 Å². The van der Waals surface area contributed by atoms with Gasteiger partial charge < -0.3 is 10.2 Å². The molecule has 0 fully saturated rings. The van der Waals surface area contributed by atoms with Gasteiger partial charge >= 0.3 is 0 Å². The summed E-state index contributed by atoms with van der Waals surface area (Å²) >= 11 is 0. The van der Waals surface area contributed by atoms with Crippen molar-refractivity contribution >= 4 is 17.3 Å². The number of anilines is 2. The SMILES string of the molecule is Cc1cc(C(=O)Nc2ccc(-c3nnnn3C)cc2)ccc1N(C)C. The van der Waals surface area contributed by atoms with Crippen molar-refractivity contribution in [3.63, 3.8) is 0 Å². The van der Waals surface area contributed by atoms with Crippen molar-refractivity contribution in [2.24, 2.45) is 7.05 Å². The molecule has 0 aliphatic heterocycles. The predicted molar refractivity (Wildman–Crippen MR) is 97.7 cm³/mol. The number of aromatic nitrogens is 4. The van der Waals surface area contributed by atoms with Crippen molar-refractivity contribution < 1.29 is 4.79 Å². The number of aryl methyl sites for hydroxylation is 2. The topological polar surface area (TPSA) is 75.9 Å². The van der Waals surface area contributed by atoms with Crippen molar-refractivity contribution in [1.82, 2.24) is 20.2 Å². The van der Waals surface area contributed by atoms with E-state index in [1.807, 2.05) is 68.4 Å². The van der Waals surface area contributed by atoms with E-state index in [0.717, 1.165) is 22.5 Å². The van der Waals surface area contributed by atoms with Crippen molar-refractivity contribution in [2.45, 2.75) is 6.92 Å². The van der Waals surface area contributed by atoms with Crippen LogP contribution in [0.15, 0.2) is 42.5 Å². The van der Waals surface area contributed by atoms with E-state index >= 15 is 0 Å². The quantitative estimate of drug-likeness (QED) is 0.792. The first-order chi connectivity index (χ1) is 12.0. The molecular weight excluding hydrogens is 316 g/mol. The zero-order valence-electron chi connectivity index (χ0n) is 14.7. The Balaban J connectivity index is 1.75. The monoisotopic (exact) mass is 336 g/mol. The Morgan fingerprint density at radius 3 is 2.40 bits per heavy atom. The molecule has 0 radical (unpaired) electrons. The second-order valence-electron chi connectivity index (χ2n) is 6.05. The van der Waals surface area contributed by atoms with Crippen LogP contribution in [0.3, 0.4) is 0 Å². The van der Waals surface area contributed by atoms with Gasteiger partial charge in [0, 0.05) is 43.6 Å². The van der Waals surface area contributed by atoms with Crippen molar-refractivity contribution in [1.29, 1.82) is 0 Å². The van der Waals surface area contributed by atoms with E-state index in [9.17, 15) is 4.79 Å². The number of hydrogen-bond acceptors (Lipinski definition) is 5. The maximum atomic E-state index is 12.5. The second kappa shape index (κ2) is 6.72. The smallest absolute Gasteiger partial charge is 0.255 e. The number of nitrogens with zero attached hydrogens (tertiary/aromatic N) is 5. The molecule has 1 heterocycles. The molecular formula is C18H20N6O. The third kappa shape index (κ3) is 3.50. The molecule has 7 nitrogen and oxygen atoms in total. The number of tetrazole rings is 1. The van der Waals surface area contributed by atoms with Crippen LogP contribution in [0.2, 0.25) is 0 Å². The third-order valence-electron chi connectivity index (χ3n) is 3.96. The largest absolute Gasteiger partial charge is 0.377 e. The van der Waals surface area contributed by atoms with Gasteiger partial charge in [0.15, 0.2) is 5.82 Å². The molecule has 1 amide bonds. The Hall–Kier alpha value is -3.22. The highest BCUT2D eigenvalue weighted by molar-refractivity contribution is 6.04. The standard InChI is InChI=1S/C18H20N6O/c1-12-11-14(7-10-16(12)23(2)3)18(25)19-15-8-5-13(6-9-15)17-20-21-22-24(17)4/h5-11H,1-4H3,(H,19,25). The van der Waals surface area contributed by atoms with Gasteiger partial charge in [0.05, 0.1) is 0 Å². The van der Waals surface area contributed by atoms with Gasteiger partial charge in [-0.3, -0.25) is 4.79 Å². The Labute approximate surface area is 146 Å². The summed E-state index contributed by atoms with van der Waals surface area (Å²) in [6.07, 6.45) is 0. The van der Waals surface area contributed by atoms with E-state index in [4.69, 9.17) is 0 Å². The van der Waals surface area contributed by atoms with Crippen molar-refractivity contribution in [3.8, 4) is 11.4 Å². The predicted octanol–water partition coefficient (Wildman–Crippen LogP) is 2.50. The van der Waals surface area contributed by atoms with Gasteiger partial charge in [-0.15, -0.1) is 5.10 Å². The van der Waals surface area contributed by atoms with E-state index in [1.54, 1.807) is 11.7 Å². The third-order valence-corrected chi connectivity index (χ3v) is 3.96. The summed E-state index contributed by atoms with van der Waals surface area (Å²) < 4.78 is 1.60. The van der Waals surface area contributed by atoms with Crippen molar-refractivity contribution in [2.75, 3.05) is 24.3 Å². The highest BCUT2D eigenvalue weighted by Crippen LogP contribution is 2.21. The summed E-state index contributed by atoms with van der Waals surface area (Å²) in [6.45, 7) is 2.00. The minimum atomic E-state index is -0.138. The van der Waals surface area contributed by atoms with Crippen LogP contribution in [0.25, 0.3) is 11.4 Å². The summed E-state index contributed by atoms with van der Waals surface area (Å²) in [5, 5.41) is 14.3. The number of carbonyl (C=O) groups is 1. The molecule has 0 aliphatic rings. The van der Waals surface area contributed by atoms with Crippen LogP contribution in [0.1, 0.15) is 15.9 Å². The molecule has 25 heavy (non-hydrogen) atoms. The summed E-state index contributed by atoms with van der Waals surface area (Å²) in [5.41, 5.74) is 4.39. The summed E-state index contributed by atoms with van der Waals surface area (Å²) in [4.78, 5) is 14.5. The fourth-order valence-corrected chi connectivity index (χ4v) is 2.68.